The summed E-state index contributed by atoms with van der Waals surface area (Å²) < 4.78 is 0. The Morgan fingerprint density at radius 3 is 2.86 bits per heavy atom. The van der Waals surface area contributed by atoms with Gasteiger partial charge < -0.3 is 5.32 Å². The zero-order valence-corrected chi connectivity index (χ0v) is 9.25. The Morgan fingerprint density at radius 1 is 1.43 bits per heavy atom. The van der Waals surface area contributed by atoms with Crippen LogP contribution in [-0.4, -0.2) is 16.5 Å². The fourth-order valence-corrected chi connectivity index (χ4v) is 1.24. The molecule has 1 N–H and O–H groups in total. The van der Waals surface area contributed by atoms with Crippen LogP contribution >= 0.6 is 0 Å². The Balaban J connectivity index is 2.25. The van der Waals surface area contributed by atoms with Crippen LogP contribution in [-0.2, 0) is 0 Å². The minimum Gasteiger partial charge on any atom is -0.354 e. The molecule has 0 saturated heterocycles. The Morgan fingerprint density at radius 2 is 2.21 bits per heavy atom. The standard InChI is InChI=1S/C11H19N3/c1-9(2)5-4-7-12-11-13-8-6-10(3)14-11/h6,8-9H,4-5,7H2,1-3H3,(H,12,13,14). The van der Waals surface area contributed by atoms with Gasteiger partial charge in [-0.05, 0) is 31.7 Å². The Hall–Kier alpha value is -1.12. The highest BCUT2D eigenvalue weighted by molar-refractivity contribution is 5.24. The van der Waals surface area contributed by atoms with Gasteiger partial charge in [-0.3, -0.25) is 0 Å². The molecule has 0 radical (unpaired) electrons. The number of nitrogens with one attached hydrogen (secondary N) is 1. The van der Waals surface area contributed by atoms with Gasteiger partial charge in [0.2, 0.25) is 5.95 Å². The van der Waals surface area contributed by atoms with E-state index in [0.717, 1.165) is 24.1 Å². The molecule has 0 amide bonds. The first-order valence-electron chi connectivity index (χ1n) is 5.22. The molecule has 1 rings (SSSR count). The maximum absolute atomic E-state index is 4.27. The third-order valence-electron chi connectivity index (χ3n) is 2.04. The summed E-state index contributed by atoms with van der Waals surface area (Å²) in [6.07, 6.45) is 4.21. The van der Waals surface area contributed by atoms with Crippen LogP contribution in [0.3, 0.4) is 0 Å². The van der Waals surface area contributed by atoms with Crippen LogP contribution in [0.1, 0.15) is 32.4 Å². The van der Waals surface area contributed by atoms with Gasteiger partial charge in [-0.15, -0.1) is 0 Å². The Labute approximate surface area is 86.0 Å². The highest BCUT2D eigenvalue weighted by Crippen LogP contribution is 2.04. The van der Waals surface area contributed by atoms with E-state index in [4.69, 9.17) is 0 Å². The van der Waals surface area contributed by atoms with Crippen molar-refractivity contribution in [3.8, 4) is 0 Å². The number of anilines is 1. The highest BCUT2D eigenvalue weighted by Gasteiger charge is 1.96. The van der Waals surface area contributed by atoms with Crippen molar-refractivity contribution in [1.82, 2.24) is 9.97 Å². The molecule has 0 bridgehead atoms. The number of aromatic nitrogens is 2. The van der Waals surface area contributed by atoms with E-state index in [9.17, 15) is 0 Å². The lowest BCUT2D eigenvalue weighted by atomic mass is 10.1. The van der Waals surface area contributed by atoms with Crippen molar-refractivity contribution in [1.29, 1.82) is 0 Å². The summed E-state index contributed by atoms with van der Waals surface area (Å²) in [6, 6.07) is 1.90. The maximum atomic E-state index is 4.27. The summed E-state index contributed by atoms with van der Waals surface area (Å²) in [5.41, 5.74) is 1.01. The number of hydrogen-bond donors (Lipinski definition) is 1. The first kappa shape index (κ1) is 11.0. The van der Waals surface area contributed by atoms with E-state index in [2.05, 4.69) is 29.1 Å². The summed E-state index contributed by atoms with van der Waals surface area (Å²) in [4.78, 5) is 8.40. The molecule has 0 aliphatic heterocycles. The van der Waals surface area contributed by atoms with Gasteiger partial charge in [0.05, 0.1) is 0 Å². The van der Waals surface area contributed by atoms with Gasteiger partial charge in [0.25, 0.3) is 0 Å². The minimum atomic E-state index is 0.744. The van der Waals surface area contributed by atoms with Gasteiger partial charge in [0, 0.05) is 18.4 Å². The predicted molar refractivity (Wildman–Crippen MR) is 59.3 cm³/mol. The van der Waals surface area contributed by atoms with E-state index in [1.807, 2.05) is 13.0 Å². The lowest BCUT2D eigenvalue weighted by Gasteiger charge is -2.06. The molecule has 3 nitrogen and oxygen atoms in total. The van der Waals surface area contributed by atoms with Crippen LogP contribution in [0.25, 0.3) is 0 Å². The van der Waals surface area contributed by atoms with E-state index in [0.29, 0.717) is 0 Å². The second kappa shape index (κ2) is 5.58. The molecule has 0 fully saturated rings. The van der Waals surface area contributed by atoms with Crippen molar-refractivity contribution in [2.75, 3.05) is 11.9 Å². The fraction of sp³-hybridized carbons (Fsp3) is 0.636. The topological polar surface area (TPSA) is 37.8 Å². The lowest BCUT2D eigenvalue weighted by Crippen LogP contribution is -2.06. The van der Waals surface area contributed by atoms with Gasteiger partial charge in [-0.25, -0.2) is 9.97 Å². The van der Waals surface area contributed by atoms with E-state index in [-0.39, 0.29) is 0 Å². The summed E-state index contributed by atoms with van der Waals surface area (Å²) in [5.74, 6) is 1.52. The molecule has 0 aliphatic rings. The second-order valence-electron chi connectivity index (χ2n) is 3.98. The molecule has 78 valence electrons. The van der Waals surface area contributed by atoms with Gasteiger partial charge >= 0.3 is 0 Å². The zero-order valence-electron chi connectivity index (χ0n) is 9.25. The molecule has 3 heteroatoms. The normalized spacial score (nSPS) is 10.6. The van der Waals surface area contributed by atoms with Crippen molar-refractivity contribution in [2.45, 2.75) is 33.6 Å². The third kappa shape index (κ3) is 4.21. The quantitative estimate of drug-likeness (QED) is 0.730. The second-order valence-corrected chi connectivity index (χ2v) is 3.98. The van der Waals surface area contributed by atoms with E-state index >= 15 is 0 Å². The van der Waals surface area contributed by atoms with Crippen molar-refractivity contribution < 1.29 is 0 Å². The maximum Gasteiger partial charge on any atom is 0.222 e. The molecule has 0 spiro atoms. The van der Waals surface area contributed by atoms with E-state index in [1.165, 1.54) is 12.8 Å². The van der Waals surface area contributed by atoms with Gasteiger partial charge in [0.15, 0.2) is 0 Å². The number of hydrogen-bond acceptors (Lipinski definition) is 3. The Kier molecular flexibility index (Phi) is 4.36. The molecular weight excluding hydrogens is 174 g/mol. The highest BCUT2D eigenvalue weighted by atomic mass is 15.1. The molecule has 0 unspecified atom stereocenters. The largest absolute Gasteiger partial charge is 0.354 e. The third-order valence-corrected chi connectivity index (χ3v) is 2.04. The number of rotatable bonds is 5. The monoisotopic (exact) mass is 193 g/mol. The van der Waals surface area contributed by atoms with Crippen molar-refractivity contribution in [2.24, 2.45) is 5.92 Å². The van der Waals surface area contributed by atoms with E-state index in [1.54, 1.807) is 6.20 Å². The average Bonchev–Trinajstić information content (AvgIpc) is 2.12. The fourth-order valence-electron chi connectivity index (χ4n) is 1.24. The first-order valence-corrected chi connectivity index (χ1v) is 5.22. The van der Waals surface area contributed by atoms with Gasteiger partial charge in [0.1, 0.15) is 0 Å². The van der Waals surface area contributed by atoms with Crippen LogP contribution in [0.2, 0.25) is 0 Å². The molecule has 1 aromatic rings. The SMILES string of the molecule is Cc1ccnc(NCCCC(C)C)n1. The summed E-state index contributed by atoms with van der Waals surface area (Å²) in [5, 5.41) is 3.22. The molecule has 0 aromatic carbocycles. The minimum absolute atomic E-state index is 0.744. The molecular formula is C11H19N3. The van der Waals surface area contributed by atoms with Crippen molar-refractivity contribution in [3.63, 3.8) is 0 Å². The van der Waals surface area contributed by atoms with Crippen LogP contribution < -0.4 is 5.32 Å². The summed E-state index contributed by atoms with van der Waals surface area (Å²) in [6.45, 7) is 7.41. The van der Waals surface area contributed by atoms with Crippen LogP contribution in [0.5, 0.6) is 0 Å². The average molecular weight is 193 g/mol. The van der Waals surface area contributed by atoms with Crippen LogP contribution in [0.15, 0.2) is 12.3 Å². The number of nitrogens with zero attached hydrogens (tertiary/aromatic N) is 2. The summed E-state index contributed by atoms with van der Waals surface area (Å²) >= 11 is 0. The van der Waals surface area contributed by atoms with E-state index < -0.39 is 0 Å². The molecule has 0 saturated carbocycles. The predicted octanol–water partition coefficient (Wildman–Crippen LogP) is 2.63. The summed E-state index contributed by atoms with van der Waals surface area (Å²) in [7, 11) is 0. The van der Waals surface area contributed by atoms with Crippen molar-refractivity contribution in [3.05, 3.63) is 18.0 Å². The molecule has 0 aliphatic carbocycles. The lowest BCUT2D eigenvalue weighted by molar-refractivity contribution is 0.566. The molecule has 1 heterocycles. The molecule has 0 atom stereocenters. The Bertz CT molecular complexity index is 271. The molecule has 14 heavy (non-hydrogen) atoms. The molecule has 1 aromatic heterocycles. The van der Waals surface area contributed by atoms with Crippen LogP contribution in [0.4, 0.5) is 5.95 Å². The number of aryl methyl sites for hydroxylation is 1. The van der Waals surface area contributed by atoms with Crippen LogP contribution in [0, 0.1) is 12.8 Å². The van der Waals surface area contributed by atoms with Crippen molar-refractivity contribution >= 4 is 5.95 Å². The zero-order chi connectivity index (χ0) is 10.4. The first-order chi connectivity index (χ1) is 6.68. The smallest absolute Gasteiger partial charge is 0.222 e. The van der Waals surface area contributed by atoms with Gasteiger partial charge in [-0.2, -0.15) is 0 Å². The van der Waals surface area contributed by atoms with Gasteiger partial charge in [-0.1, -0.05) is 13.8 Å².